The highest BCUT2D eigenvalue weighted by Gasteiger charge is 2.18. The second-order valence-electron chi connectivity index (χ2n) is 11.8. The van der Waals surface area contributed by atoms with Crippen LogP contribution in [0.5, 0.6) is 0 Å². The highest BCUT2D eigenvalue weighted by Crippen LogP contribution is 2.01. The molecule has 0 saturated carbocycles. The van der Waals surface area contributed by atoms with Gasteiger partial charge < -0.3 is 21.3 Å². The number of carbonyl (C=O) groups is 3. The minimum absolute atomic E-state index is 0.0491. The first kappa shape index (κ1) is 38.3. The van der Waals surface area contributed by atoms with Gasteiger partial charge in [0.15, 0.2) is 0 Å². The molecule has 10 heteroatoms. The smallest absolute Gasteiger partial charge is 0.234 e. The van der Waals surface area contributed by atoms with Gasteiger partial charge >= 0.3 is 0 Å². The van der Waals surface area contributed by atoms with Crippen LogP contribution in [0, 0.1) is 0 Å². The van der Waals surface area contributed by atoms with Crippen LogP contribution < -0.4 is 21.3 Å². The van der Waals surface area contributed by atoms with Crippen molar-refractivity contribution in [2.75, 3.05) is 91.6 Å². The number of carbonyl (C=O) groups excluding carboxylic acids is 3. The van der Waals surface area contributed by atoms with Crippen LogP contribution in [0.25, 0.3) is 0 Å². The molecular weight excluding hydrogens is 530 g/mol. The summed E-state index contributed by atoms with van der Waals surface area (Å²) in [5, 5.41) is 12.8. The number of hydrogen-bond acceptors (Lipinski definition) is 7. The van der Waals surface area contributed by atoms with Crippen LogP contribution >= 0.6 is 0 Å². The molecule has 10 nitrogen and oxygen atoms in total. The lowest BCUT2D eigenvalue weighted by molar-refractivity contribution is -0.124. The minimum Gasteiger partial charge on any atom is -0.355 e. The average Bonchev–Trinajstić information content (AvgIpc) is 2.96. The van der Waals surface area contributed by atoms with Crippen molar-refractivity contribution in [2.24, 2.45) is 0 Å². The van der Waals surface area contributed by atoms with Gasteiger partial charge in [-0.1, -0.05) is 78.6 Å². The maximum Gasteiger partial charge on any atom is 0.234 e. The highest BCUT2D eigenvalue weighted by atomic mass is 16.2. The molecule has 0 spiro atoms. The highest BCUT2D eigenvalue weighted by molar-refractivity contribution is 5.78. The molecule has 0 aromatic rings. The molecule has 1 aliphatic rings. The SMILES string of the molecule is CCCCCCNC(=O)CN1CCNCCN(CC(=O)NCCCCCC)CCN(CC(=O)NCCCCCC)CC1. The van der Waals surface area contributed by atoms with Gasteiger partial charge in [0.2, 0.25) is 17.7 Å². The zero-order valence-electron chi connectivity index (χ0n) is 27.5. The van der Waals surface area contributed by atoms with Gasteiger partial charge in [0.1, 0.15) is 0 Å². The van der Waals surface area contributed by atoms with E-state index in [2.05, 4.69) is 56.7 Å². The molecule has 1 saturated heterocycles. The molecule has 1 rings (SSSR count). The topological polar surface area (TPSA) is 109 Å². The number of nitrogens with one attached hydrogen (secondary N) is 4. The Labute approximate surface area is 257 Å². The Morgan fingerprint density at radius 1 is 0.476 bits per heavy atom. The summed E-state index contributed by atoms with van der Waals surface area (Å²) in [6.45, 7) is 15.7. The molecule has 0 radical (unpaired) electrons. The summed E-state index contributed by atoms with van der Waals surface area (Å²) in [4.78, 5) is 44.7. The number of amides is 3. The minimum atomic E-state index is 0.0491. The molecule has 1 fully saturated rings. The van der Waals surface area contributed by atoms with Gasteiger partial charge in [-0.2, -0.15) is 0 Å². The second kappa shape index (κ2) is 26.8. The Hall–Kier alpha value is -1.75. The van der Waals surface area contributed by atoms with Crippen LogP contribution in [0.1, 0.15) is 97.8 Å². The molecular formula is C32H65N7O3. The molecule has 246 valence electrons. The van der Waals surface area contributed by atoms with E-state index in [1.165, 1.54) is 38.5 Å². The zero-order chi connectivity index (χ0) is 30.7. The predicted molar refractivity (Wildman–Crippen MR) is 174 cm³/mol. The van der Waals surface area contributed by atoms with E-state index in [1.54, 1.807) is 0 Å². The van der Waals surface area contributed by atoms with Gasteiger partial charge in [0, 0.05) is 72.0 Å². The van der Waals surface area contributed by atoms with Crippen LogP contribution in [-0.2, 0) is 14.4 Å². The third-order valence-corrected chi connectivity index (χ3v) is 7.83. The lowest BCUT2D eigenvalue weighted by Crippen LogP contribution is -2.50. The summed E-state index contributed by atoms with van der Waals surface area (Å²) >= 11 is 0. The first-order valence-corrected chi connectivity index (χ1v) is 17.2. The molecule has 1 heterocycles. The van der Waals surface area contributed by atoms with Crippen LogP contribution in [0.4, 0.5) is 0 Å². The Morgan fingerprint density at radius 3 is 1.10 bits per heavy atom. The van der Waals surface area contributed by atoms with E-state index in [4.69, 9.17) is 0 Å². The third-order valence-electron chi connectivity index (χ3n) is 7.83. The number of hydrogen-bond donors (Lipinski definition) is 4. The number of nitrogens with zero attached hydrogens (tertiary/aromatic N) is 3. The van der Waals surface area contributed by atoms with Crippen LogP contribution in [0.2, 0.25) is 0 Å². The number of unbranched alkanes of at least 4 members (excludes halogenated alkanes) is 9. The summed E-state index contributed by atoms with van der Waals surface area (Å²) in [7, 11) is 0. The third kappa shape index (κ3) is 21.9. The van der Waals surface area contributed by atoms with Crippen molar-refractivity contribution in [3.63, 3.8) is 0 Å². The molecule has 0 aliphatic carbocycles. The van der Waals surface area contributed by atoms with Gasteiger partial charge in [0.05, 0.1) is 19.6 Å². The predicted octanol–water partition coefficient (Wildman–Crippen LogP) is 2.59. The normalized spacial score (nSPS) is 16.4. The van der Waals surface area contributed by atoms with Crippen molar-refractivity contribution in [1.29, 1.82) is 0 Å². The number of rotatable bonds is 21. The van der Waals surface area contributed by atoms with E-state index >= 15 is 0 Å². The Morgan fingerprint density at radius 2 is 0.786 bits per heavy atom. The average molecular weight is 596 g/mol. The molecule has 42 heavy (non-hydrogen) atoms. The van der Waals surface area contributed by atoms with Crippen molar-refractivity contribution in [1.82, 2.24) is 36.0 Å². The molecule has 0 bridgehead atoms. The van der Waals surface area contributed by atoms with Crippen molar-refractivity contribution < 1.29 is 14.4 Å². The van der Waals surface area contributed by atoms with E-state index in [-0.39, 0.29) is 17.7 Å². The lowest BCUT2D eigenvalue weighted by atomic mass is 10.2. The Bertz CT molecular complexity index is 653. The quantitative estimate of drug-likeness (QED) is 0.151. The molecule has 4 N–H and O–H groups in total. The first-order valence-electron chi connectivity index (χ1n) is 17.2. The summed E-state index contributed by atoms with van der Waals surface area (Å²) < 4.78 is 0. The largest absolute Gasteiger partial charge is 0.355 e. The van der Waals surface area contributed by atoms with Crippen LogP contribution in [0.3, 0.4) is 0 Å². The van der Waals surface area contributed by atoms with Crippen molar-refractivity contribution in [3.05, 3.63) is 0 Å². The Kier molecular flexibility index (Phi) is 24.5. The van der Waals surface area contributed by atoms with E-state index in [0.717, 1.165) is 77.8 Å². The van der Waals surface area contributed by atoms with Crippen molar-refractivity contribution >= 4 is 17.7 Å². The van der Waals surface area contributed by atoms with E-state index in [9.17, 15) is 14.4 Å². The van der Waals surface area contributed by atoms with Crippen LogP contribution in [0.15, 0.2) is 0 Å². The van der Waals surface area contributed by atoms with Crippen LogP contribution in [-0.4, -0.2) is 124 Å². The molecule has 0 unspecified atom stereocenters. The summed E-state index contributed by atoms with van der Waals surface area (Å²) in [6.07, 6.45) is 13.7. The molecule has 0 aromatic heterocycles. The lowest BCUT2D eigenvalue weighted by Gasteiger charge is -2.31. The molecule has 3 amide bonds. The fourth-order valence-electron chi connectivity index (χ4n) is 5.09. The van der Waals surface area contributed by atoms with Crippen molar-refractivity contribution in [3.8, 4) is 0 Å². The molecule has 0 atom stereocenters. The van der Waals surface area contributed by atoms with Gasteiger partial charge in [-0.25, -0.2) is 0 Å². The monoisotopic (exact) mass is 596 g/mol. The fraction of sp³-hybridized carbons (Fsp3) is 0.906. The fourth-order valence-corrected chi connectivity index (χ4v) is 5.09. The summed E-state index contributed by atoms with van der Waals surface area (Å²) in [5.74, 6) is 0.191. The van der Waals surface area contributed by atoms with E-state index in [1.807, 2.05) is 0 Å². The van der Waals surface area contributed by atoms with E-state index < -0.39 is 0 Å². The van der Waals surface area contributed by atoms with Gasteiger partial charge in [-0.05, 0) is 19.3 Å². The van der Waals surface area contributed by atoms with Gasteiger partial charge in [-0.3, -0.25) is 29.1 Å². The molecule has 1 aliphatic heterocycles. The maximum absolute atomic E-state index is 12.8. The zero-order valence-corrected chi connectivity index (χ0v) is 27.5. The summed E-state index contributed by atoms with van der Waals surface area (Å²) in [5.41, 5.74) is 0. The molecule has 0 aromatic carbocycles. The maximum atomic E-state index is 12.8. The summed E-state index contributed by atoms with van der Waals surface area (Å²) in [6, 6.07) is 0. The second-order valence-corrected chi connectivity index (χ2v) is 11.8. The van der Waals surface area contributed by atoms with E-state index in [0.29, 0.717) is 52.4 Å². The standard InChI is InChI=1S/C32H65N7O3/c1-4-7-10-13-16-34-30(40)27-37-21-19-33-20-22-38(28-31(41)35-17-14-11-8-5-2)24-26-39(25-23-37)29-32(42)36-18-15-12-9-6-3/h33H,4-29H2,1-3H3,(H,34,40)(H,35,41)(H,36,42). The van der Waals surface area contributed by atoms with Gasteiger partial charge in [-0.15, -0.1) is 0 Å². The Balaban J connectivity index is 2.69. The van der Waals surface area contributed by atoms with Crippen molar-refractivity contribution in [2.45, 2.75) is 97.8 Å². The van der Waals surface area contributed by atoms with Gasteiger partial charge in [0.25, 0.3) is 0 Å². The first-order chi connectivity index (χ1) is 20.5.